The van der Waals surface area contributed by atoms with Crippen molar-refractivity contribution < 1.29 is 19.1 Å². The molecule has 0 saturated carbocycles. The Balaban J connectivity index is 1.78. The summed E-state index contributed by atoms with van der Waals surface area (Å²) >= 11 is 0. The van der Waals surface area contributed by atoms with Gasteiger partial charge in [0.1, 0.15) is 11.3 Å². The average molecular weight is 432 g/mol. The molecule has 3 amide bonds. The normalized spacial score (nSPS) is 20.2. The van der Waals surface area contributed by atoms with Gasteiger partial charge in [0.05, 0.1) is 13.7 Å². The highest BCUT2D eigenvalue weighted by Crippen LogP contribution is 2.38. The minimum absolute atomic E-state index is 0.0139. The fourth-order valence-corrected chi connectivity index (χ4v) is 4.82. The van der Waals surface area contributed by atoms with Crippen molar-refractivity contribution in [1.82, 2.24) is 14.7 Å². The number of benzene rings is 1. The second kappa shape index (κ2) is 10.0. The number of imide groups is 1. The molecule has 0 bridgehead atoms. The lowest BCUT2D eigenvalue weighted by molar-refractivity contribution is -0.136. The minimum Gasteiger partial charge on any atom is -0.497 e. The lowest BCUT2D eigenvalue weighted by atomic mass is 9.85. The molecular formula is C24H37N3O4. The summed E-state index contributed by atoms with van der Waals surface area (Å²) in [5.74, 6) is 1.04. The number of rotatable bonds is 9. The Bertz CT molecular complexity index is 757. The van der Waals surface area contributed by atoms with Crippen molar-refractivity contribution in [3.05, 3.63) is 29.8 Å². The summed E-state index contributed by atoms with van der Waals surface area (Å²) in [7, 11) is 3.36. The van der Waals surface area contributed by atoms with Crippen molar-refractivity contribution in [3.63, 3.8) is 0 Å². The molecule has 2 aliphatic heterocycles. The lowest BCUT2D eigenvalue weighted by Gasteiger charge is -2.44. The summed E-state index contributed by atoms with van der Waals surface area (Å²) in [6, 6.07) is 8.08. The molecule has 0 radical (unpaired) electrons. The van der Waals surface area contributed by atoms with E-state index >= 15 is 0 Å². The van der Waals surface area contributed by atoms with Gasteiger partial charge in [0.15, 0.2) is 0 Å². The summed E-state index contributed by atoms with van der Waals surface area (Å²) < 4.78 is 10.5. The van der Waals surface area contributed by atoms with E-state index in [1.165, 1.54) is 4.90 Å². The molecule has 1 spiro atoms. The van der Waals surface area contributed by atoms with Crippen LogP contribution in [0.2, 0.25) is 0 Å². The molecule has 0 aliphatic carbocycles. The Morgan fingerprint density at radius 3 is 2.23 bits per heavy atom. The highest BCUT2D eigenvalue weighted by atomic mass is 16.5. The molecule has 1 aromatic carbocycles. The number of piperidine rings is 1. The number of urea groups is 1. The van der Waals surface area contributed by atoms with Gasteiger partial charge in [-0.05, 0) is 49.8 Å². The van der Waals surface area contributed by atoms with Gasteiger partial charge in [-0.1, -0.05) is 26.0 Å². The van der Waals surface area contributed by atoms with Crippen molar-refractivity contribution >= 4 is 11.9 Å². The van der Waals surface area contributed by atoms with Crippen LogP contribution in [0.4, 0.5) is 4.79 Å². The summed E-state index contributed by atoms with van der Waals surface area (Å²) in [4.78, 5) is 32.6. The maximum atomic E-state index is 13.5. The summed E-state index contributed by atoms with van der Waals surface area (Å²) in [5, 5.41) is 0. The first-order valence-electron chi connectivity index (χ1n) is 11.3. The molecule has 0 aromatic heterocycles. The van der Waals surface area contributed by atoms with Gasteiger partial charge >= 0.3 is 6.03 Å². The van der Waals surface area contributed by atoms with Crippen LogP contribution in [0.15, 0.2) is 24.3 Å². The van der Waals surface area contributed by atoms with Gasteiger partial charge in [0, 0.05) is 39.3 Å². The maximum Gasteiger partial charge on any atom is 0.327 e. The fraction of sp³-hybridized carbons (Fsp3) is 0.667. The third kappa shape index (κ3) is 4.88. The van der Waals surface area contributed by atoms with Gasteiger partial charge in [0.2, 0.25) is 0 Å². The Kier molecular flexibility index (Phi) is 7.59. The van der Waals surface area contributed by atoms with Crippen LogP contribution < -0.4 is 4.74 Å². The van der Waals surface area contributed by atoms with Crippen LogP contribution in [0.1, 0.15) is 39.2 Å². The fourth-order valence-electron chi connectivity index (χ4n) is 4.82. The number of carbonyl (C=O) groups is 2. The third-order valence-corrected chi connectivity index (χ3v) is 6.61. The molecule has 2 fully saturated rings. The Morgan fingerprint density at radius 2 is 1.68 bits per heavy atom. The second-order valence-electron chi connectivity index (χ2n) is 9.21. The minimum atomic E-state index is -0.721. The number of hydrogen-bond donors (Lipinski definition) is 0. The molecule has 1 atom stereocenters. The van der Waals surface area contributed by atoms with Crippen LogP contribution in [0, 0.1) is 5.92 Å². The van der Waals surface area contributed by atoms with Gasteiger partial charge in [-0.3, -0.25) is 14.6 Å². The van der Waals surface area contributed by atoms with Crippen LogP contribution >= 0.6 is 0 Å². The van der Waals surface area contributed by atoms with Gasteiger partial charge in [0.25, 0.3) is 5.91 Å². The van der Waals surface area contributed by atoms with E-state index < -0.39 is 5.54 Å². The van der Waals surface area contributed by atoms with Gasteiger partial charge in [-0.15, -0.1) is 0 Å². The number of nitrogens with zero attached hydrogens (tertiary/aromatic N) is 3. The first kappa shape index (κ1) is 23.5. The largest absolute Gasteiger partial charge is 0.497 e. The van der Waals surface area contributed by atoms with Crippen LogP contribution in [-0.4, -0.2) is 85.2 Å². The number of likely N-dealkylation sites (tertiary alicyclic amines) is 1. The molecular weight excluding hydrogens is 394 g/mol. The zero-order valence-corrected chi connectivity index (χ0v) is 19.6. The quantitative estimate of drug-likeness (QED) is 0.563. The number of amides is 3. The van der Waals surface area contributed by atoms with E-state index in [0.29, 0.717) is 45.0 Å². The monoisotopic (exact) mass is 431 g/mol. The molecule has 2 aliphatic rings. The summed E-state index contributed by atoms with van der Waals surface area (Å²) in [5.41, 5.74) is 0.409. The number of ether oxygens (including phenoxy) is 2. The molecule has 2 saturated heterocycles. The van der Waals surface area contributed by atoms with E-state index in [1.54, 1.807) is 14.2 Å². The molecule has 0 N–H and O–H groups in total. The van der Waals surface area contributed by atoms with Crippen LogP contribution in [0.3, 0.4) is 0 Å². The Hall–Kier alpha value is -2.12. The molecule has 1 aromatic rings. The standard InChI is InChI=1S/C24H37N3O4/c1-18(2)16-26-22(28)24(11-14-25(15-12-24)19(3)17-30-4)27(23(26)29)13-10-20-6-8-21(31-5)9-7-20/h6-9,18-19H,10-17H2,1-5H3. The first-order valence-corrected chi connectivity index (χ1v) is 11.3. The van der Waals surface area contributed by atoms with Crippen molar-refractivity contribution in [2.75, 3.05) is 47.0 Å². The first-order chi connectivity index (χ1) is 14.8. The van der Waals surface area contributed by atoms with Crippen molar-refractivity contribution in [1.29, 1.82) is 0 Å². The van der Waals surface area contributed by atoms with Crippen LogP contribution in [0.5, 0.6) is 5.75 Å². The maximum absolute atomic E-state index is 13.5. The highest BCUT2D eigenvalue weighted by Gasteiger charge is 2.57. The van der Waals surface area contributed by atoms with Crippen molar-refractivity contribution in [3.8, 4) is 5.75 Å². The third-order valence-electron chi connectivity index (χ3n) is 6.61. The van der Waals surface area contributed by atoms with Gasteiger partial charge < -0.3 is 14.4 Å². The molecule has 3 rings (SSSR count). The predicted octanol–water partition coefficient (Wildman–Crippen LogP) is 3.03. The van der Waals surface area contributed by atoms with E-state index in [1.807, 2.05) is 43.0 Å². The topological polar surface area (TPSA) is 62.3 Å². The summed E-state index contributed by atoms with van der Waals surface area (Å²) in [6.07, 6.45) is 2.05. The number of carbonyl (C=O) groups excluding carboxylic acids is 2. The Labute approximate surface area is 186 Å². The van der Waals surface area contributed by atoms with Gasteiger partial charge in [-0.25, -0.2) is 4.79 Å². The zero-order valence-electron chi connectivity index (χ0n) is 19.6. The number of hydrogen-bond acceptors (Lipinski definition) is 5. The SMILES string of the molecule is COCC(C)N1CCC2(CC1)C(=O)N(CC(C)C)C(=O)N2CCc1ccc(OC)cc1. The molecule has 7 nitrogen and oxygen atoms in total. The average Bonchev–Trinajstić information content (AvgIpc) is 2.94. The van der Waals surface area contributed by atoms with Crippen LogP contribution in [0.25, 0.3) is 0 Å². The van der Waals surface area contributed by atoms with Crippen LogP contribution in [-0.2, 0) is 16.0 Å². The van der Waals surface area contributed by atoms with Crippen molar-refractivity contribution in [2.24, 2.45) is 5.92 Å². The smallest absolute Gasteiger partial charge is 0.327 e. The molecule has 172 valence electrons. The van der Waals surface area contributed by atoms with Crippen molar-refractivity contribution in [2.45, 2.75) is 51.6 Å². The molecule has 1 unspecified atom stereocenters. The van der Waals surface area contributed by atoms with E-state index in [-0.39, 0.29) is 17.9 Å². The van der Waals surface area contributed by atoms with E-state index in [0.717, 1.165) is 24.4 Å². The second-order valence-corrected chi connectivity index (χ2v) is 9.21. The Morgan fingerprint density at radius 1 is 1.03 bits per heavy atom. The predicted molar refractivity (Wildman–Crippen MR) is 120 cm³/mol. The van der Waals surface area contributed by atoms with E-state index in [4.69, 9.17) is 9.47 Å². The van der Waals surface area contributed by atoms with E-state index in [9.17, 15) is 9.59 Å². The molecule has 31 heavy (non-hydrogen) atoms. The molecule has 7 heteroatoms. The van der Waals surface area contributed by atoms with Gasteiger partial charge in [-0.2, -0.15) is 0 Å². The summed E-state index contributed by atoms with van der Waals surface area (Å²) in [6.45, 7) is 9.50. The van der Waals surface area contributed by atoms with E-state index in [2.05, 4.69) is 11.8 Å². The lowest BCUT2D eigenvalue weighted by Crippen LogP contribution is -2.58. The number of methoxy groups -OCH3 is 2. The molecule has 2 heterocycles. The highest BCUT2D eigenvalue weighted by molar-refractivity contribution is 6.07. The zero-order chi connectivity index (χ0) is 22.6.